The third kappa shape index (κ3) is 4.38. The number of rotatable bonds is 2. The maximum atomic E-state index is 11.5. The van der Waals surface area contributed by atoms with Gasteiger partial charge >= 0.3 is 0 Å². The number of carbonyl (C=O) groups is 1. The minimum Gasteiger partial charge on any atom is -0.326 e. The van der Waals surface area contributed by atoms with Gasteiger partial charge < -0.3 is 5.32 Å². The first-order chi connectivity index (χ1) is 12.0. The largest absolute Gasteiger partial charge is 0.326 e. The quantitative estimate of drug-likeness (QED) is 0.556. The molecule has 2 N–H and O–H groups in total. The molecule has 0 aliphatic heterocycles. The van der Waals surface area contributed by atoms with Crippen molar-refractivity contribution in [2.75, 3.05) is 5.32 Å². The van der Waals surface area contributed by atoms with Gasteiger partial charge in [0.05, 0.1) is 0 Å². The summed E-state index contributed by atoms with van der Waals surface area (Å²) in [4.78, 5) is 24.4. The van der Waals surface area contributed by atoms with E-state index in [9.17, 15) is 4.79 Å². The zero-order valence-electron chi connectivity index (χ0n) is 14.4. The molecule has 0 spiro atoms. The predicted octanol–water partition coefficient (Wildman–Crippen LogP) is 3.48. The molecule has 0 fully saturated rings. The molecule has 0 radical (unpaired) electrons. The molecule has 0 atom stereocenters. The van der Waals surface area contributed by atoms with Gasteiger partial charge in [0, 0.05) is 24.0 Å². The summed E-state index contributed by atoms with van der Waals surface area (Å²) in [5.74, 6) is 0.360. The Kier molecular flexibility index (Phi) is 4.70. The van der Waals surface area contributed by atoms with Crippen molar-refractivity contribution in [1.29, 1.82) is 0 Å². The van der Waals surface area contributed by atoms with Crippen molar-refractivity contribution in [3.8, 4) is 0 Å². The van der Waals surface area contributed by atoms with Gasteiger partial charge in [-0.25, -0.2) is 9.97 Å². The summed E-state index contributed by atoms with van der Waals surface area (Å²) in [6, 6.07) is 15.9. The molecule has 0 aliphatic carbocycles. The number of guanidine groups is 1. The average Bonchev–Trinajstić information content (AvgIpc) is 2.53. The summed E-state index contributed by atoms with van der Waals surface area (Å²) in [5.41, 5.74) is 2.45. The lowest BCUT2D eigenvalue weighted by molar-refractivity contribution is -0.117. The number of aliphatic imine (C=N–C) groups is 1. The van der Waals surface area contributed by atoms with Crippen molar-refractivity contribution < 1.29 is 4.79 Å². The van der Waals surface area contributed by atoms with Gasteiger partial charge in [-0.1, -0.05) is 30.3 Å². The highest BCUT2D eigenvalue weighted by molar-refractivity contribution is 6.05. The summed E-state index contributed by atoms with van der Waals surface area (Å²) in [6.07, 6.45) is 0. The zero-order chi connectivity index (χ0) is 17.8. The molecule has 3 aromatic rings. The minimum atomic E-state index is -0.226. The van der Waals surface area contributed by atoms with Crippen LogP contribution in [0.15, 0.2) is 53.5 Å². The highest BCUT2D eigenvalue weighted by atomic mass is 16.1. The highest BCUT2D eigenvalue weighted by Gasteiger charge is 2.06. The molecule has 6 nitrogen and oxygen atoms in total. The smallest absolute Gasteiger partial charge is 0.253 e. The van der Waals surface area contributed by atoms with Gasteiger partial charge in [0.2, 0.25) is 11.9 Å². The molecule has 0 unspecified atom stereocenters. The lowest BCUT2D eigenvalue weighted by Gasteiger charge is -2.11. The van der Waals surface area contributed by atoms with Gasteiger partial charge in [0.15, 0.2) is 0 Å². The second-order valence-corrected chi connectivity index (χ2v) is 5.78. The molecule has 1 heterocycles. The van der Waals surface area contributed by atoms with E-state index in [1.165, 1.54) is 6.92 Å². The lowest BCUT2D eigenvalue weighted by Crippen LogP contribution is -2.34. The monoisotopic (exact) mass is 333 g/mol. The third-order valence-corrected chi connectivity index (χ3v) is 3.49. The Balaban J connectivity index is 1.94. The third-order valence-electron chi connectivity index (χ3n) is 3.49. The molecule has 1 amide bonds. The number of nitrogens with zero attached hydrogens (tertiary/aromatic N) is 3. The van der Waals surface area contributed by atoms with E-state index >= 15 is 0 Å². The SMILES string of the molecule is CC(=O)N/C(=N\c1nc(C)cc(C)n1)Nc1ccc2ccccc2c1. The van der Waals surface area contributed by atoms with Crippen LogP contribution in [0.25, 0.3) is 10.8 Å². The van der Waals surface area contributed by atoms with E-state index in [0.717, 1.165) is 27.8 Å². The highest BCUT2D eigenvalue weighted by Crippen LogP contribution is 2.19. The van der Waals surface area contributed by atoms with Crippen molar-refractivity contribution in [3.63, 3.8) is 0 Å². The Morgan fingerprint density at radius 2 is 1.64 bits per heavy atom. The van der Waals surface area contributed by atoms with Gasteiger partial charge in [-0.2, -0.15) is 4.99 Å². The topological polar surface area (TPSA) is 79.3 Å². The van der Waals surface area contributed by atoms with Crippen LogP contribution in [-0.2, 0) is 4.79 Å². The molecule has 2 aromatic carbocycles. The van der Waals surface area contributed by atoms with Crippen LogP contribution in [0.5, 0.6) is 0 Å². The van der Waals surface area contributed by atoms with Gasteiger partial charge in [-0.15, -0.1) is 0 Å². The van der Waals surface area contributed by atoms with Crippen molar-refractivity contribution in [3.05, 3.63) is 59.9 Å². The first kappa shape index (κ1) is 16.6. The van der Waals surface area contributed by atoms with Gasteiger partial charge in [-0.05, 0) is 42.8 Å². The number of hydrogen-bond acceptors (Lipinski definition) is 4. The molecular weight excluding hydrogens is 314 g/mol. The molecule has 1 aromatic heterocycles. The van der Waals surface area contributed by atoms with E-state index in [-0.39, 0.29) is 11.9 Å². The summed E-state index contributed by atoms with van der Waals surface area (Å²) in [7, 11) is 0. The van der Waals surface area contributed by atoms with Crippen molar-refractivity contribution in [1.82, 2.24) is 15.3 Å². The number of anilines is 1. The van der Waals surface area contributed by atoms with E-state index in [1.807, 2.05) is 62.4 Å². The summed E-state index contributed by atoms with van der Waals surface area (Å²) < 4.78 is 0. The number of benzene rings is 2. The Morgan fingerprint density at radius 1 is 0.960 bits per heavy atom. The van der Waals surface area contributed by atoms with Gasteiger partial charge in [0.25, 0.3) is 5.95 Å². The van der Waals surface area contributed by atoms with Crippen LogP contribution in [0.1, 0.15) is 18.3 Å². The summed E-state index contributed by atoms with van der Waals surface area (Å²) in [6.45, 7) is 5.19. The van der Waals surface area contributed by atoms with Gasteiger partial charge in [-0.3, -0.25) is 10.1 Å². The van der Waals surface area contributed by atoms with E-state index in [2.05, 4.69) is 25.6 Å². The number of aryl methyl sites for hydroxylation is 2. The van der Waals surface area contributed by atoms with Crippen LogP contribution < -0.4 is 10.6 Å². The van der Waals surface area contributed by atoms with Crippen LogP contribution in [0.3, 0.4) is 0 Å². The first-order valence-corrected chi connectivity index (χ1v) is 7.94. The average molecular weight is 333 g/mol. The van der Waals surface area contributed by atoms with Crippen LogP contribution in [-0.4, -0.2) is 21.8 Å². The van der Waals surface area contributed by atoms with Crippen molar-refractivity contribution >= 4 is 34.3 Å². The second kappa shape index (κ2) is 7.09. The fourth-order valence-corrected chi connectivity index (χ4v) is 2.52. The maximum absolute atomic E-state index is 11.5. The molecule has 0 saturated heterocycles. The van der Waals surface area contributed by atoms with E-state index in [4.69, 9.17) is 0 Å². The molecular formula is C19H19N5O. The maximum Gasteiger partial charge on any atom is 0.253 e. The standard InChI is InChI=1S/C19H19N5O/c1-12-10-13(2)21-18(20-12)24-19(22-14(3)25)23-17-9-8-15-6-4-5-7-16(15)11-17/h4-11H,1-3H3,(H2,20,21,22,23,24,25). The molecule has 0 bridgehead atoms. The zero-order valence-corrected chi connectivity index (χ0v) is 14.4. The Labute approximate surface area is 146 Å². The molecule has 3 rings (SSSR count). The number of nitrogens with one attached hydrogen (secondary N) is 2. The molecule has 0 aliphatic rings. The normalized spacial score (nSPS) is 11.4. The second-order valence-electron chi connectivity index (χ2n) is 5.78. The fourth-order valence-electron chi connectivity index (χ4n) is 2.52. The Hall–Kier alpha value is -3.28. The van der Waals surface area contributed by atoms with E-state index < -0.39 is 0 Å². The Bertz CT molecular complexity index is 945. The van der Waals surface area contributed by atoms with E-state index in [1.54, 1.807) is 0 Å². The van der Waals surface area contributed by atoms with Crippen LogP contribution in [0.2, 0.25) is 0 Å². The first-order valence-electron chi connectivity index (χ1n) is 7.94. The number of carbonyl (C=O) groups excluding carboxylic acids is 1. The summed E-state index contributed by atoms with van der Waals surface area (Å²) in [5, 5.41) is 8.05. The van der Waals surface area contributed by atoms with Crippen molar-refractivity contribution in [2.24, 2.45) is 4.99 Å². The Morgan fingerprint density at radius 3 is 2.32 bits per heavy atom. The number of fused-ring (bicyclic) bond motifs is 1. The van der Waals surface area contributed by atoms with E-state index in [0.29, 0.717) is 5.95 Å². The number of hydrogen-bond donors (Lipinski definition) is 2. The molecule has 0 saturated carbocycles. The molecule has 6 heteroatoms. The van der Waals surface area contributed by atoms with Gasteiger partial charge in [0.1, 0.15) is 0 Å². The van der Waals surface area contributed by atoms with Crippen LogP contribution in [0.4, 0.5) is 11.6 Å². The number of aromatic nitrogens is 2. The predicted molar refractivity (Wildman–Crippen MR) is 100.0 cm³/mol. The lowest BCUT2D eigenvalue weighted by atomic mass is 10.1. The van der Waals surface area contributed by atoms with Crippen LogP contribution >= 0.6 is 0 Å². The molecule has 25 heavy (non-hydrogen) atoms. The van der Waals surface area contributed by atoms with Crippen LogP contribution in [0, 0.1) is 13.8 Å². The summed E-state index contributed by atoms with van der Waals surface area (Å²) >= 11 is 0. The molecule has 126 valence electrons. The minimum absolute atomic E-state index is 0.226. The number of amides is 1. The van der Waals surface area contributed by atoms with Crippen molar-refractivity contribution in [2.45, 2.75) is 20.8 Å². The fraction of sp³-hybridized carbons (Fsp3) is 0.158.